The normalized spacial score (nSPS) is 15.7. The number of urea groups is 1. The average molecular weight is 340 g/mol. The van der Waals surface area contributed by atoms with Crippen LogP contribution in [0.4, 0.5) is 10.5 Å². The molecular formula is C19H24N4O2. The summed E-state index contributed by atoms with van der Waals surface area (Å²) in [5.74, 6) is 0. The summed E-state index contributed by atoms with van der Waals surface area (Å²) in [6, 6.07) is 12.7. The van der Waals surface area contributed by atoms with Crippen molar-refractivity contribution in [2.75, 3.05) is 25.0 Å². The van der Waals surface area contributed by atoms with E-state index in [4.69, 9.17) is 0 Å². The number of pyridine rings is 1. The highest BCUT2D eigenvalue weighted by molar-refractivity contribution is 5.89. The van der Waals surface area contributed by atoms with Crippen LogP contribution in [0, 0.1) is 0 Å². The molecule has 0 saturated carbocycles. The Morgan fingerprint density at radius 2 is 1.84 bits per heavy atom. The first-order valence-corrected chi connectivity index (χ1v) is 8.63. The van der Waals surface area contributed by atoms with Gasteiger partial charge in [0.15, 0.2) is 0 Å². The van der Waals surface area contributed by atoms with Crippen molar-refractivity contribution in [2.24, 2.45) is 7.05 Å². The van der Waals surface area contributed by atoms with Gasteiger partial charge in [-0.3, -0.25) is 4.79 Å². The van der Waals surface area contributed by atoms with Gasteiger partial charge in [-0.15, -0.1) is 0 Å². The molecule has 0 spiro atoms. The van der Waals surface area contributed by atoms with Crippen LogP contribution in [0.5, 0.6) is 0 Å². The molecule has 1 aliphatic heterocycles. The van der Waals surface area contributed by atoms with E-state index in [1.54, 1.807) is 19.3 Å². The number of likely N-dealkylation sites (tertiary alicyclic amines) is 1. The predicted molar refractivity (Wildman–Crippen MR) is 98.7 cm³/mol. The largest absolute Gasteiger partial charge is 0.330 e. The molecule has 2 aromatic rings. The van der Waals surface area contributed by atoms with Crippen LogP contribution in [-0.4, -0.2) is 35.1 Å². The van der Waals surface area contributed by atoms with E-state index in [0.29, 0.717) is 5.69 Å². The molecule has 0 unspecified atom stereocenters. The smallest absolute Gasteiger partial charge is 0.319 e. The highest BCUT2D eigenvalue weighted by Crippen LogP contribution is 2.18. The molecule has 1 aliphatic rings. The van der Waals surface area contributed by atoms with Crippen molar-refractivity contribution in [2.45, 2.75) is 18.9 Å². The Kier molecular flexibility index (Phi) is 5.50. The Morgan fingerprint density at radius 3 is 2.52 bits per heavy atom. The Hall–Kier alpha value is -2.60. The first kappa shape index (κ1) is 17.2. The zero-order chi connectivity index (χ0) is 17.6. The lowest BCUT2D eigenvalue weighted by molar-refractivity contribution is 0.240. The summed E-state index contributed by atoms with van der Waals surface area (Å²) in [6.45, 7) is 2.95. The number of carbonyl (C=O) groups excluding carboxylic acids is 1. The number of hydrogen-bond donors (Lipinski definition) is 2. The Labute approximate surface area is 147 Å². The molecule has 1 aromatic carbocycles. The van der Waals surface area contributed by atoms with E-state index < -0.39 is 0 Å². The molecule has 6 nitrogen and oxygen atoms in total. The summed E-state index contributed by atoms with van der Waals surface area (Å²) in [5.41, 5.74) is 1.57. The maximum Gasteiger partial charge on any atom is 0.319 e. The van der Waals surface area contributed by atoms with Crippen molar-refractivity contribution in [3.05, 3.63) is 64.6 Å². The molecule has 0 aliphatic carbocycles. The molecule has 25 heavy (non-hydrogen) atoms. The Morgan fingerprint density at radius 1 is 1.12 bits per heavy atom. The van der Waals surface area contributed by atoms with Crippen LogP contribution in [-0.2, 0) is 7.05 Å². The highest BCUT2D eigenvalue weighted by atomic mass is 16.2. The van der Waals surface area contributed by atoms with Gasteiger partial charge in [0.25, 0.3) is 0 Å². The fraction of sp³-hybridized carbons (Fsp3) is 0.368. The second-order valence-electron chi connectivity index (χ2n) is 6.44. The van der Waals surface area contributed by atoms with Crippen LogP contribution in [0.25, 0.3) is 0 Å². The summed E-state index contributed by atoms with van der Waals surface area (Å²) >= 11 is 0. The van der Waals surface area contributed by atoms with Gasteiger partial charge >= 0.3 is 6.03 Å². The van der Waals surface area contributed by atoms with Crippen molar-refractivity contribution in [3.8, 4) is 0 Å². The molecule has 0 radical (unpaired) electrons. The lowest BCUT2D eigenvalue weighted by Gasteiger charge is -2.25. The zero-order valence-electron chi connectivity index (χ0n) is 14.4. The highest BCUT2D eigenvalue weighted by Gasteiger charge is 2.20. The van der Waals surface area contributed by atoms with Crippen LogP contribution in [0.1, 0.15) is 24.4 Å². The van der Waals surface area contributed by atoms with Gasteiger partial charge in [-0.1, -0.05) is 30.3 Å². The second kappa shape index (κ2) is 7.98. The van der Waals surface area contributed by atoms with Crippen molar-refractivity contribution in [3.63, 3.8) is 0 Å². The summed E-state index contributed by atoms with van der Waals surface area (Å²) in [7, 11) is 1.66. The molecule has 2 amide bonds. The Balaban J connectivity index is 1.68. The van der Waals surface area contributed by atoms with Crippen LogP contribution >= 0.6 is 0 Å². The molecule has 3 rings (SSSR count). The van der Waals surface area contributed by atoms with E-state index in [-0.39, 0.29) is 17.6 Å². The minimum absolute atomic E-state index is 0.0770. The first-order chi connectivity index (χ1) is 12.1. The Bertz CT molecular complexity index is 766. The topological polar surface area (TPSA) is 66.4 Å². The van der Waals surface area contributed by atoms with E-state index in [9.17, 15) is 9.59 Å². The number of anilines is 1. The maximum absolute atomic E-state index is 12.4. The predicted octanol–water partition coefficient (Wildman–Crippen LogP) is 2.34. The number of aromatic nitrogens is 1. The molecule has 1 saturated heterocycles. The van der Waals surface area contributed by atoms with Crippen molar-refractivity contribution < 1.29 is 4.79 Å². The zero-order valence-corrected chi connectivity index (χ0v) is 14.4. The standard InChI is InChI=1S/C19H24N4O2/c1-22-13-16(9-10-18(22)24)20-19(25)21-17(14-23-11-5-6-12-23)15-7-3-2-4-8-15/h2-4,7-10,13,17H,5-6,11-12,14H2,1H3,(H2,20,21,25)/t17-/m1/s1. The number of rotatable bonds is 5. The number of benzene rings is 1. The third-order valence-electron chi connectivity index (χ3n) is 4.49. The molecule has 2 N–H and O–H groups in total. The average Bonchev–Trinajstić information content (AvgIpc) is 3.11. The van der Waals surface area contributed by atoms with Crippen molar-refractivity contribution >= 4 is 11.7 Å². The molecule has 1 atom stereocenters. The van der Waals surface area contributed by atoms with Gasteiger partial charge in [0.1, 0.15) is 0 Å². The molecule has 1 fully saturated rings. The van der Waals surface area contributed by atoms with E-state index in [1.807, 2.05) is 30.3 Å². The number of nitrogens with one attached hydrogen (secondary N) is 2. The quantitative estimate of drug-likeness (QED) is 0.878. The van der Waals surface area contributed by atoms with E-state index >= 15 is 0 Å². The molecular weight excluding hydrogens is 316 g/mol. The number of nitrogens with zero attached hydrogens (tertiary/aromatic N) is 2. The van der Waals surface area contributed by atoms with E-state index in [0.717, 1.165) is 25.2 Å². The van der Waals surface area contributed by atoms with Gasteiger partial charge < -0.3 is 20.1 Å². The minimum atomic E-state index is -0.272. The first-order valence-electron chi connectivity index (χ1n) is 8.63. The number of aryl methyl sites for hydroxylation is 1. The number of carbonyl (C=O) groups is 1. The summed E-state index contributed by atoms with van der Waals surface area (Å²) < 4.78 is 1.44. The minimum Gasteiger partial charge on any atom is -0.330 e. The van der Waals surface area contributed by atoms with Gasteiger partial charge in [0.05, 0.1) is 11.7 Å². The van der Waals surface area contributed by atoms with Crippen molar-refractivity contribution in [1.29, 1.82) is 0 Å². The summed E-state index contributed by atoms with van der Waals surface area (Å²) in [5, 5.41) is 5.87. The summed E-state index contributed by atoms with van der Waals surface area (Å²) in [4.78, 5) is 26.3. The third kappa shape index (κ3) is 4.70. The van der Waals surface area contributed by atoms with Crippen molar-refractivity contribution in [1.82, 2.24) is 14.8 Å². The SMILES string of the molecule is Cn1cc(NC(=O)N[C@H](CN2CCCC2)c2ccccc2)ccc1=O. The number of hydrogen-bond acceptors (Lipinski definition) is 3. The lowest BCUT2D eigenvalue weighted by Crippen LogP contribution is -2.39. The van der Waals surface area contributed by atoms with Crippen LogP contribution in [0.3, 0.4) is 0 Å². The van der Waals surface area contributed by atoms with Crippen LogP contribution < -0.4 is 16.2 Å². The van der Waals surface area contributed by atoms with Crippen LogP contribution in [0.15, 0.2) is 53.5 Å². The monoisotopic (exact) mass is 340 g/mol. The van der Waals surface area contributed by atoms with E-state index in [1.165, 1.54) is 23.5 Å². The third-order valence-corrected chi connectivity index (χ3v) is 4.49. The fourth-order valence-corrected chi connectivity index (χ4v) is 3.14. The fourth-order valence-electron chi connectivity index (χ4n) is 3.14. The van der Waals surface area contributed by atoms with E-state index in [2.05, 4.69) is 15.5 Å². The second-order valence-corrected chi connectivity index (χ2v) is 6.44. The van der Waals surface area contributed by atoms with Gasteiger partial charge in [-0.25, -0.2) is 4.79 Å². The molecule has 6 heteroatoms. The van der Waals surface area contributed by atoms with Gasteiger partial charge in [0.2, 0.25) is 5.56 Å². The van der Waals surface area contributed by atoms with Gasteiger partial charge in [-0.2, -0.15) is 0 Å². The molecule has 0 bridgehead atoms. The van der Waals surface area contributed by atoms with Crippen LogP contribution in [0.2, 0.25) is 0 Å². The maximum atomic E-state index is 12.4. The van der Waals surface area contributed by atoms with Gasteiger partial charge in [0, 0.05) is 25.9 Å². The summed E-state index contributed by atoms with van der Waals surface area (Å²) in [6.07, 6.45) is 4.04. The molecule has 1 aromatic heterocycles. The number of amides is 2. The van der Waals surface area contributed by atoms with Gasteiger partial charge in [-0.05, 0) is 37.6 Å². The lowest BCUT2D eigenvalue weighted by atomic mass is 10.1. The molecule has 132 valence electrons. The molecule has 2 heterocycles.